The summed E-state index contributed by atoms with van der Waals surface area (Å²) in [6, 6.07) is 47.6. The van der Waals surface area contributed by atoms with Crippen LogP contribution in [0.25, 0.3) is 0 Å². The summed E-state index contributed by atoms with van der Waals surface area (Å²) < 4.78 is 13.4. The molecule has 3 atom stereocenters. The Morgan fingerprint density at radius 1 is 0.460 bits per heavy atom. The van der Waals surface area contributed by atoms with E-state index in [9.17, 15) is 18.3 Å². The number of halogens is 4. The molecule has 6 aromatic rings. The van der Waals surface area contributed by atoms with Gasteiger partial charge in [-0.1, -0.05) is 141 Å². The van der Waals surface area contributed by atoms with Crippen LogP contribution < -0.4 is 0 Å². The first kappa shape index (κ1) is 47.9. The van der Waals surface area contributed by atoms with Gasteiger partial charge in [0.25, 0.3) is 17.7 Å². The molecule has 0 spiro atoms. The van der Waals surface area contributed by atoms with Crippen LogP contribution in [0.5, 0.6) is 0 Å². The Hall–Kier alpha value is -4.55. The lowest BCUT2D eigenvalue weighted by atomic mass is 9.91. The average Bonchev–Trinajstić information content (AvgIpc) is 3.29. The monoisotopic (exact) mass is 1050 g/mol. The van der Waals surface area contributed by atoms with Gasteiger partial charge in [0.05, 0.1) is 0 Å². The van der Waals surface area contributed by atoms with E-state index in [-0.39, 0.29) is 29.9 Å². The number of benzene rings is 6. The third-order valence-corrected chi connectivity index (χ3v) is 12.9. The van der Waals surface area contributed by atoms with Gasteiger partial charge in [0.15, 0.2) is 0 Å². The first-order chi connectivity index (χ1) is 30.4. The maximum absolute atomic E-state index is 12.6. The number of fused-ring (bicyclic) bond motifs is 3. The van der Waals surface area contributed by atoms with Gasteiger partial charge < -0.3 is 14.7 Å². The van der Waals surface area contributed by atoms with E-state index in [1.807, 2.05) is 106 Å². The Morgan fingerprint density at radius 2 is 0.698 bits per heavy atom. The van der Waals surface area contributed by atoms with Gasteiger partial charge in [0.2, 0.25) is 0 Å². The molecule has 3 aliphatic heterocycles. The molecule has 0 saturated heterocycles. The van der Waals surface area contributed by atoms with E-state index in [1.165, 1.54) is 39.6 Å². The zero-order valence-electron chi connectivity index (χ0n) is 35.8. The summed E-state index contributed by atoms with van der Waals surface area (Å²) in [4.78, 5) is 43.5. The topological polar surface area (TPSA) is 60.9 Å². The number of hydrogen-bond acceptors (Lipinski definition) is 4. The molecule has 3 amide bonds. The van der Waals surface area contributed by atoms with Crippen molar-refractivity contribution in [2.45, 2.75) is 58.2 Å². The standard InChI is InChI=1S/3C17H16BrNO.CH3FS/c3*1-12-10-19(17(20)13-5-3-2-4-6-13)11-14-9-15(18)7-8-16(12)14;1-3-2/h3*2-9,12H,10-11H2,1H3;1H3. The van der Waals surface area contributed by atoms with Crippen molar-refractivity contribution in [1.82, 2.24) is 14.7 Å². The highest BCUT2D eigenvalue weighted by Gasteiger charge is 2.29. The minimum Gasteiger partial charge on any atom is -0.334 e. The highest BCUT2D eigenvalue weighted by Crippen LogP contribution is 2.33. The van der Waals surface area contributed by atoms with Gasteiger partial charge in [-0.2, -0.15) is 3.89 Å². The molecule has 6 nitrogen and oxygen atoms in total. The molecule has 326 valence electrons. The highest BCUT2D eigenvalue weighted by molar-refractivity contribution is 9.11. The quantitative estimate of drug-likeness (QED) is 0.177. The van der Waals surface area contributed by atoms with E-state index in [4.69, 9.17) is 0 Å². The Morgan fingerprint density at radius 3 is 0.937 bits per heavy atom. The van der Waals surface area contributed by atoms with Crippen molar-refractivity contribution in [1.29, 1.82) is 0 Å². The molecule has 3 heterocycles. The van der Waals surface area contributed by atoms with E-state index in [2.05, 4.69) is 123 Å². The summed E-state index contributed by atoms with van der Waals surface area (Å²) in [6.07, 6.45) is 1.38. The van der Waals surface area contributed by atoms with Crippen LogP contribution >= 0.6 is 59.9 Å². The first-order valence-corrected chi connectivity index (χ1v) is 24.4. The Kier molecular flexibility index (Phi) is 17.4. The van der Waals surface area contributed by atoms with Crippen molar-refractivity contribution in [2.75, 3.05) is 25.9 Å². The predicted octanol–water partition coefficient (Wildman–Crippen LogP) is 13.9. The van der Waals surface area contributed by atoms with Gasteiger partial charge in [0.1, 0.15) is 0 Å². The SMILES string of the molecule is CC1CN(C(=O)c2ccccc2)Cc2cc(Br)ccc21.CC1CN(C(=O)c2ccccc2)Cc2cc(Br)ccc21.CC1CN(C(=O)c2ccccc2)Cc2cc(Br)ccc21.CSF. The van der Waals surface area contributed by atoms with Gasteiger partial charge in [-0.25, -0.2) is 0 Å². The summed E-state index contributed by atoms with van der Waals surface area (Å²) in [5, 5.41) is 0. The van der Waals surface area contributed by atoms with Gasteiger partial charge in [-0.3, -0.25) is 14.4 Å². The molecule has 3 aliphatic rings. The lowest BCUT2D eigenvalue weighted by Gasteiger charge is -2.33. The average molecular weight is 1060 g/mol. The van der Waals surface area contributed by atoms with Crippen LogP contribution in [0.2, 0.25) is 0 Å². The molecule has 0 aliphatic carbocycles. The third kappa shape index (κ3) is 12.6. The van der Waals surface area contributed by atoms with Crippen LogP contribution in [0.15, 0.2) is 159 Å². The lowest BCUT2D eigenvalue weighted by Crippen LogP contribution is -2.37. The normalized spacial score (nSPS) is 17.1. The van der Waals surface area contributed by atoms with Gasteiger partial charge in [-0.05, 0) is 124 Å². The van der Waals surface area contributed by atoms with Gasteiger partial charge >= 0.3 is 0 Å². The molecule has 6 aromatic carbocycles. The summed E-state index contributed by atoms with van der Waals surface area (Å²) in [7, 11) is 0. The molecule has 9 rings (SSSR count). The number of amides is 3. The number of hydrogen-bond donors (Lipinski definition) is 0. The van der Waals surface area contributed by atoms with E-state index in [1.54, 1.807) is 0 Å². The van der Waals surface area contributed by atoms with E-state index < -0.39 is 0 Å². The smallest absolute Gasteiger partial charge is 0.254 e. The Labute approximate surface area is 401 Å². The van der Waals surface area contributed by atoms with Gasteiger partial charge in [-0.15, -0.1) is 0 Å². The highest BCUT2D eigenvalue weighted by atomic mass is 79.9. The molecule has 0 saturated carbocycles. The van der Waals surface area contributed by atoms with Crippen LogP contribution in [-0.4, -0.2) is 58.3 Å². The second-order valence-electron chi connectivity index (χ2n) is 16.0. The molecule has 3 unspecified atom stereocenters. The van der Waals surface area contributed by atoms with Crippen LogP contribution in [0.3, 0.4) is 0 Å². The molecule has 0 aromatic heterocycles. The second-order valence-corrected chi connectivity index (χ2v) is 19.1. The Bertz CT molecular complexity index is 2220. The van der Waals surface area contributed by atoms with Crippen LogP contribution in [0, 0.1) is 0 Å². The summed E-state index contributed by atoms with van der Waals surface area (Å²) in [5.74, 6) is 1.47. The fraction of sp³-hybridized carbons (Fsp3) is 0.250. The fourth-order valence-electron chi connectivity index (χ4n) is 8.43. The minimum atomic E-state index is 0.114. The van der Waals surface area contributed by atoms with Crippen molar-refractivity contribution in [3.8, 4) is 0 Å². The number of carbonyl (C=O) groups excluding carboxylic acids is 3. The molecule has 0 radical (unpaired) electrons. The molecule has 0 bridgehead atoms. The summed E-state index contributed by atoms with van der Waals surface area (Å²) in [5.41, 5.74) is 10.1. The Balaban J connectivity index is 0.000000152. The maximum atomic E-state index is 12.6. The van der Waals surface area contributed by atoms with Crippen molar-refractivity contribution in [2.24, 2.45) is 0 Å². The zero-order valence-corrected chi connectivity index (χ0v) is 41.4. The zero-order chi connectivity index (χ0) is 45.0. The summed E-state index contributed by atoms with van der Waals surface area (Å²) >= 11 is 10.8. The second kappa shape index (κ2) is 22.9. The van der Waals surface area contributed by atoms with Crippen LogP contribution in [0.1, 0.15) is 103 Å². The lowest BCUT2D eigenvalue weighted by molar-refractivity contribution is 0.0714. The predicted molar refractivity (Wildman–Crippen MR) is 266 cm³/mol. The van der Waals surface area contributed by atoms with Crippen molar-refractivity contribution >= 4 is 77.7 Å². The molecule has 63 heavy (non-hydrogen) atoms. The molecular weight excluding hydrogens is 1010 g/mol. The van der Waals surface area contributed by atoms with Crippen molar-refractivity contribution < 1.29 is 18.3 Å². The van der Waals surface area contributed by atoms with E-state index in [0.29, 0.717) is 37.4 Å². The number of nitrogens with zero attached hydrogens (tertiary/aromatic N) is 3. The van der Waals surface area contributed by atoms with E-state index >= 15 is 0 Å². The largest absolute Gasteiger partial charge is 0.334 e. The molecule has 0 N–H and O–H groups in total. The van der Waals surface area contributed by atoms with Crippen molar-refractivity contribution in [3.05, 3.63) is 209 Å². The third-order valence-electron chi connectivity index (χ3n) is 11.4. The first-order valence-electron chi connectivity index (χ1n) is 20.9. The fourth-order valence-corrected chi connectivity index (χ4v) is 9.65. The van der Waals surface area contributed by atoms with E-state index in [0.717, 1.165) is 49.7 Å². The van der Waals surface area contributed by atoms with Gasteiger partial charge in [0, 0.05) is 87.8 Å². The number of carbonyl (C=O) groups is 3. The molecular formula is C52H51Br3FN3O3S. The minimum absolute atomic E-state index is 0.114. The van der Waals surface area contributed by atoms with Crippen LogP contribution in [-0.2, 0) is 19.6 Å². The maximum Gasteiger partial charge on any atom is 0.254 e. The molecule has 11 heteroatoms. The number of rotatable bonds is 3. The summed E-state index contributed by atoms with van der Waals surface area (Å²) in [6.45, 7) is 10.9. The molecule has 0 fully saturated rings. The van der Waals surface area contributed by atoms with Crippen molar-refractivity contribution in [3.63, 3.8) is 0 Å². The van der Waals surface area contributed by atoms with Crippen LogP contribution in [0.4, 0.5) is 3.89 Å².